The minimum atomic E-state index is -0.649. The minimum Gasteiger partial charge on any atom is -0.456 e. The van der Waals surface area contributed by atoms with Crippen molar-refractivity contribution in [1.29, 1.82) is 0 Å². The molecule has 1 nitrogen and oxygen atoms in total. The highest BCUT2D eigenvalue weighted by atomic mass is 16.3. The van der Waals surface area contributed by atoms with Gasteiger partial charge in [0.25, 0.3) is 0 Å². The summed E-state index contributed by atoms with van der Waals surface area (Å²) in [7, 11) is 0. The third-order valence-electron chi connectivity index (χ3n) is 8.02. The predicted molar refractivity (Wildman–Crippen MR) is 186 cm³/mol. The molecule has 0 aliphatic carbocycles. The van der Waals surface area contributed by atoms with Gasteiger partial charge >= 0.3 is 0 Å². The van der Waals surface area contributed by atoms with E-state index in [0.29, 0.717) is 11.1 Å². The zero-order chi connectivity index (χ0) is 42.1. The number of benzene rings is 8. The number of para-hydroxylation sites is 1. The fourth-order valence-electron chi connectivity index (χ4n) is 5.99. The number of hydrogen-bond acceptors (Lipinski definition) is 1. The van der Waals surface area contributed by atoms with Crippen LogP contribution in [-0.4, -0.2) is 0 Å². The van der Waals surface area contributed by atoms with E-state index in [9.17, 15) is 6.85 Å². The Balaban J connectivity index is 1.35. The van der Waals surface area contributed by atoms with E-state index in [1.54, 1.807) is 24.3 Å². The Bertz CT molecular complexity index is 3270. The molecule has 1 heterocycles. The average Bonchev–Trinajstić information content (AvgIpc) is 3.62. The van der Waals surface area contributed by atoms with Gasteiger partial charge < -0.3 is 4.42 Å². The van der Waals surface area contributed by atoms with Crippen LogP contribution in [0.3, 0.4) is 0 Å². The molecule has 0 fully saturated rings. The van der Waals surface area contributed by atoms with Crippen molar-refractivity contribution in [3.05, 3.63) is 168 Å². The topological polar surface area (TPSA) is 13.1 Å². The average molecular weight is 576 g/mol. The quantitative estimate of drug-likeness (QED) is 0.190. The number of furan rings is 1. The van der Waals surface area contributed by atoms with Gasteiger partial charge in [-0.05, 0) is 90.3 Å². The van der Waals surface area contributed by atoms with Gasteiger partial charge in [-0.3, -0.25) is 0 Å². The molecule has 0 atom stereocenters. The van der Waals surface area contributed by atoms with Crippen molar-refractivity contribution in [2.24, 2.45) is 0 Å². The van der Waals surface area contributed by atoms with Gasteiger partial charge in [-0.25, -0.2) is 0 Å². The second kappa shape index (κ2) is 9.97. The molecule has 0 bridgehead atoms. The SMILES string of the molecule is [2H]c1c([2H])c([2H])c2c([2H])c(Cc3c4c([2H])c([2H])c([2H])c([2H])c4c(-c4ccc(-c5ccc6c(c5)oc5ccccc56)cc4)c4c([2H])c([2H])c([2H])c([2H])c34)c([2H])c([2H])c2c1[2H]. The molecule has 8 aromatic carbocycles. The van der Waals surface area contributed by atoms with Gasteiger partial charge in [0.1, 0.15) is 11.2 Å². The smallest absolute Gasteiger partial charge is 0.136 e. The molecule has 44 heavy (non-hydrogen) atoms. The summed E-state index contributed by atoms with van der Waals surface area (Å²) in [6, 6.07) is 11.9. The largest absolute Gasteiger partial charge is 0.456 e. The lowest BCUT2D eigenvalue weighted by atomic mass is 9.86. The molecule has 0 aliphatic heterocycles. The van der Waals surface area contributed by atoms with Gasteiger partial charge in [0.15, 0.2) is 0 Å². The summed E-state index contributed by atoms with van der Waals surface area (Å²) in [5, 5.41) is 0.909. The molecule has 1 heteroatoms. The normalized spacial score (nSPS) is 16.5. The molecule has 9 rings (SSSR count). The van der Waals surface area contributed by atoms with Gasteiger partial charge in [0, 0.05) is 10.8 Å². The van der Waals surface area contributed by atoms with Crippen molar-refractivity contribution in [2.75, 3.05) is 0 Å². The van der Waals surface area contributed by atoms with E-state index in [2.05, 4.69) is 0 Å². The molecule has 0 saturated heterocycles. The van der Waals surface area contributed by atoms with E-state index in [4.69, 9.17) is 18.1 Å². The molecule has 0 N–H and O–H groups in total. The summed E-state index contributed by atoms with van der Waals surface area (Å²) >= 11 is 0. The van der Waals surface area contributed by atoms with Crippen LogP contribution in [0.1, 0.15) is 31.7 Å². The highest BCUT2D eigenvalue weighted by Crippen LogP contribution is 2.41. The summed E-state index contributed by atoms with van der Waals surface area (Å²) in [5.41, 5.74) is 3.24. The third kappa shape index (κ3) is 4.01. The van der Waals surface area contributed by atoms with Crippen LogP contribution < -0.4 is 0 Å². The fraction of sp³-hybridized carbons (Fsp3) is 0.0233. The maximum Gasteiger partial charge on any atom is 0.136 e. The number of rotatable bonds is 4. The standard InChI is InChI=1S/C43H28O/c1-2-10-32-25-28(17-18-29(32)9-1)26-40-34-11-3-5-14-38(34)43(39-15-6-4-12-35(39)40)31-21-19-30(20-22-31)33-23-24-37-36-13-7-8-16-41(36)44-42(37)27-33/h1-25,27H,26H2/i1D,2D,3D,4D,5D,6D,9D,10D,11D,12D,14D,15D,17D,18D,25D. The first-order chi connectivity index (χ1) is 28.0. The van der Waals surface area contributed by atoms with Crippen molar-refractivity contribution in [3.63, 3.8) is 0 Å². The lowest BCUT2D eigenvalue weighted by Gasteiger charge is -2.18. The highest BCUT2D eigenvalue weighted by Gasteiger charge is 2.16. The van der Waals surface area contributed by atoms with Crippen molar-refractivity contribution in [3.8, 4) is 22.3 Å². The first kappa shape index (κ1) is 14.2. The van der Waals surface area contributed by atoms with Crippen LogP contribution in [0, 0.1) is 0 Å². The van der Waals surface area contributed by atoms with Crippen LogP contribution in [0.25, 0.3) is 76.5 Å². The summed E-state index contributed by atoms with van der Waals surface area (Å²) in [6.45, 7) is 0. The molecule has 0 aliphatic rings. The van der Waals surface area contributed by atoms with E-state index in [1.807, 2.05) is 42.5 Å². The van der Waals surface area contributed by atoms with Crippen molar-refractivity contribution >= 4 is 54.3 Å². The first-order valence-corrected chi connectivity index (χ1v) is 14.0. The summed E-state index contributed by atoms with van der Waals surface area (Å²) in [5.74, 6) is 0. The van der Waals surface area contributed by atoms with Crippen LogP contribution in [0.4, 0.5) is 0 Å². The van der Waals surface area contributed by atoms with Gasteiger partial charge in [0.05, 0.1) is 20.6 Å². The van der Waals surface area contributed by atoms with Crippen LogP contribution in [0.5, 0.6) is 0 Å². The molecule has 9 aromatic rings. The van der Waals surface area contributed by atoms with Gasteiger partial charge in [0.2, 0.25) is 0 Å². The van der Waals surface area contributed by atoms with Gasteiger partial charge in [-0.2, -0.15) is 0 Å². The molecule has 1 aromatic heterocycles. The summed E-state index contributed by atoms with van der Waals surface area (Å²) < 4.78 is 138. The van der Waals surface area contributed by atoms with Crippen LogP contribution >= 0.6 is 0 Å². The predicted octanol–water partition coefficient (Wildman–Crippen LogP) is 12.0. The Morgan fingerprint density at radius 1 is 0.477 bits per heavy atom. The second-order valence-electron chi connectivity index (χ2n) is 10.5. The molecule has 0 radical (unpaired) electrons. The lowest BCUT2D eigenvalue weighted by Crippen LogP contribution is -1.95. The molecule has 0 unspecified atom stereocenters. The maximum absolute atomic E-state index is 9.23. The Morgan fingerprint density at radius 3 is 1.86 bits per heavy atom. The Kier molecular flexibility index (Phi) is 3.22. The van der Waals surface area contributed by atoms with E-state index in [1.165, 1.54) is 0 Å². The van der Waals surface area contributed by atoms with E-state index in [0.717, 1.165) is 27.5 Å². The zero-order valence-electron chi connectivity index (χ0n) is 38.0. The monoisotopic (exact) mass is 575 g/mol. The fourth-order valence-corrected chi connectivity index (χ4v) is 5.99. The number of fused-ring (bicyclic) bond motifs is 6. The van der Waals surface area contributed by atoms with E-state index < -0.39 is 97.1 Å². The maximum atomic E-state index is 9.23. The molecule has 0 saturated carbocycles. The Hall–Kier alpha value is -5.66. The minimum absolute atomic E-state index is 0.0601. The summed E-state index contributed by atoms with van der Waals surface area (Å²) in [6.07, 6.45) is -0.553. The Labute approximate surface area is 276 Å². The van der Waals surface area contributed by atoms with Crippen molar-refractivity contribution < 1.29 is 25.0 Å². The van der Waals surface area contributed by atoms with E-state index >= 15 is 0 Å². The zero-order valence-corrected chi connectivity index (χ0v) is 23.0. The van der Waals surface area contributed by atoms with E-state index in [-0.39, 0.29) is 49.0 Å². The molecule has 0 spiro atoms. The van der Waals surface area contributed by atoms with Crippen LogP contribution in [-0.2, 0) is 6.42 Å². The Morgan fingerprint density at radius 2 is 1.09 bits per heavy atom. The highest BCUT2D eigenvalue weighted by molar-refractivity contribution is 6.15. The third-order valence-corrected chi connectivity index (χ3v) is 8.02. The lowest BCUT2D eigenvalue weighted by molar-refractivity contribution is 0.669. The van der Waals surface area contributed by atoms with Crippen molar-refractivity contribution in [2.45, 2.75) is 6.42 Å². The molecule has 206 valence electrons. The molecular formula is C43H28O. The summed E-state index contributed by atoms with van der Waals surface area (Å²) in [4.78, 5) is 0. The van der Waals surface area contributed by atoms with Gasteiger partial charge in [-0.15, -0.1) is 0 Å². The van der Waals surface area contributed by atoms with Gasteiger partial charge in [-0.1, -0.05) is 139 Å². The van der Waals surface area contributed by atoms with Crippen LogP contribution in [0.2, 0.25) is 0 Å². The second-order valence-corrected chi connectivity index (χ2v) is 10.5. The number of hydrogen-bond donors (Lipinski definition) is 0. The van der Waals surface area contributed by atoms with Crippen LogP contribution in [0.15, 0.2) is 162 Å². The first-order valence-electron chi connectivity index (χ1n) is 21.5. The van der Waals surface area contributed by atoms with Crippen molar-refractivity contribution in [1.82, 2.24) is 0 Å². The molecule has 0 amide bonds. The molecular weight excluding hydrogens is 532 g/mol.